The molecule has 1 aromatic rings. The first-order valence-electron chi connectivity index (χ1n) is 15.4. The highest BCUT2D eigenvalue weighted by molar-refractivity contribution is 6.00. The molecule has 4 amide bonds. The number of likely N-dealkylation sites (tertiary alicyclic amines) is 1. The van der Waals surface area contributed by atoms with Gasteiger partial charge >= 0.3 is 0 Å². The molecule has 0 radical (unpaired) electrons. The molecule has 41 heavy (non-hydrogen) atoms. The maximum atomic E-state index is 13.5. The molecule has 3 aliphatic rings. The number of carbonyl (C=O) groups excluding carboxylic acids is 4. The Bertz CT molecular complexity index is 1060. The average Bonchev–Trinajstić information content (AvgIpc) is 3.65. The summed E-state index contributed by atoms with van der Waals surface area (Å²) in [6.45, 7) is 7.99. The minimum Gasteiger partial charge on any atom is -0.491 e. The normalized spacial score (nSPS) is 24.0. The van der Waals surface area contributed by atoms with Crippen molar-refractivity contribution in [3.05, 3.63) is 29.8 Å². The average molecular weight is 570 g/mol. The zero-order valence-corrected chi connectivity index (χ0v) is 24.6. The summed E-state index contributed by atoms with van der Waals surface area (Å²) < 4.78 is 6.09. The number of benzene rings is 1. The summed E-state index contributed by atoms with van der Waals surface area (Å²) >= 11 is 0. The number of ether oxygens (including phenoxy) is 1. The smallest absolute Gasteiger partial charge is 0.255 e. The Morgan fingerprint density at radius 2 is 1.78 bits per heavy atom. The molecule has 4 N–H and O–H groups in total. The SMILES string of the molecule is CC(C)[C@@H]1COc2ccccc2C(=O)N[C@H](C(=O)NCCCCN2CCCC2)CCC(=O)NC2(CCCC2)C(=O)N1. The third-order valence-corrected chi connectivity index (χ3v) is 8.62. The van der Waals surface area contributed by atoms with Gasteiger partial charge in [-0.2, -0.15) is 0 Å². The van der Waals surface area contributed by atoms with Crippen LogP contribution < -0.4 is 26.0 Å². The van der Waals surface area contributed by atoms with Gasteiger partial charge in [0.1, 0.15) is 23.9 Å². The van der Waals surface area contributed by atoms with Crippen LogP contribution in [0.25, 0.3) is 0 Å². The number of hydrogen-bond donors (Lipinski definition) is 4. The maximum absolute atomic E-state index is 13.5. The van der Waals surface area contributed by atoms with Crippen LogP contribution in [0.1, 0.15) is 88.4 Å². The van der Waals surface area contributed by atoms with E-state index in [-0.39, 0.29) is 49.1 Å². The number of para-hydroxylation sites is 1. The third kappa shape index (κ3) is 8.44. The number of amides is 4. The predicted molar refractivity (Wildman–Crippen MR) is 156 cm³/mol. The van der Waals surface area contributed by atoms with E-state index >= 15 is 0 Å². The van der Waals surface area contributed by atoms with Crippen molar-refractivity contribution in [2.75, 3.05) is 32.8 Å². The van der Waals surface area contributed by atoms with Crippen LogP contribution in [0.4, 0.5) is 0 Å². The first kappa shape index (κ1) is 30.8. The van der Waals surface area contributed by atoms with Crippen LogP contribution in [-0.2, 0) is 14.4 Å². The van der Waals surface area contributed by atoms with Gasteiger partial charge in [-0.25, -0.2) is 0 Å². The Balaban J connectivity index is 1.49. The van der Waals surface area contributed by atoms with E-state index in [1.807, 2.05) is 13.8 Å². The van der Waals surface area contributed by atoms with Crippen molar-refractivity contribution in [3.63, 3.8) is 0 Å². The Labute approximate surface area is 243 Å². The summed E-state index contributed by atoms with van der Waals surface area (Å²) in [4.78, 5) is 55.8. The Morgan fingerprint density at radius 1 is 1.05 bits per heavy atom. The second-order valence-electron chi connectivity index (χ2n) is 12.1. The summed E-state index contributed by atoms with van der Waals surface area (Å²) in [7, 11) is 0. The number of nitrogens with zero attached hydrogens (tertiary/aromatic N) is 1. The highest BCUT2D eigenvalue weighted by Crippen LogP contribution is 2.31. The van der Waals surface area contributed by atoms with Gasteiger partial charge in [-0.05, 0) is 82.6 Å². The van der Waals surface area contributed by atoms with Crippen molar-refractivity contribution >= 4 is 23.6 Å². The monoisotopic (exact) mass is 569 g/mol. The lowest BCUT2D eigenvalue weighted by molar-refractivity contribution is -0.134. The molecule has 4 rings (SSSR count). The summed E-state index contributed by atoms with van der Waals surface area (Å²) in [5, 5.41) is 11.9. The van der Waals surface area contributed by atoms with E-state index in [0.717, 1.165) is 45.3 Å². The lowest BCUT2D eigenvalue weighted by Crippen LogP contribution is -2.60. The van der Waals surface area contributed by atoms with Gasteiger partial charge in [0, 0.05) is 13.0 Å². The molecule has 1 spiro atoms. The van der Waals surface area contributed by atoms with E-state index in [1.165, 1.54) is 12.8 Å². The first-order chi connectivity index (χ1) is 19.8. The van der Waals surface area contributed by atoms with Gasteiger partial charge in [0.15, 0.2) is 0 Å². The largest absolute Gasteiger partial charge is 0.491 e. The van der Waals surface area contributed by atoms with E-state index in [1.54, 1.807) is 24.3 Å². The number of hydrogen-bond acceptors (Lipinski definition) is 6. The number of nitrogens with one attached hydrogen (secondary N) is 4. The van der Waals surface area contributed by atoms with E-state index < -0.39 is 17.5 Å². The molecule has 10 heteroatoms. The molecule has 2 heterocycles. The van der Waals surface area contributed by atoms with E-state index in [2.05, 4.69) is 26.2 Å². The fourth-order valence-corrected chi connectivity index (χ4v) is 5.97. The topological polar surface area (TPSA) is 129 Å². The molecule has 1 saturated heterocycles. The minimum atomic E-state index is -0.974. The fraction of sp³-hybridized carbons (Fsp3) is 0.677. The van der Waals surface area contributed by atoms with Crippen molar-refractivity contribution in [1.29, 1.82) is 0 Å². The van der Waals surface area contributed by atoms with Gasteiger partial charge < -0.3 is 30.9 Å². The zero-order valence-electron chi connectivity index (χ0n) is 24.6. The van der Waals surface area contributed by atoms with Gasteiger partial charge in [-0.3, -0.25) is 19.2 Å². The van der Waals surface area contributed by atoms with Crippen LogP contribution in [0, 0.1) is 5.92 Å². The lowest BCUT2D eigenvalue weighted by Gasteiger charge is -2.32. The van der Waals surface area contributed by atoms with E-state index in [4.69, 9.17) is 4.74 Å². The summed E-state index contributed by atoms with van der Waals surface area (Å²) in [6.07, 6.45) is 7.30. The van der Waals surface area contributed by atoms with Crippen molar-refractivity contribution in [1.82, 2.24) is 26.2 Å². The van der Waals surface area contributed by atoms with Crippen LogP contribution in [0.15, 0.2) is 24.3 Å². The van der Waals surface area contributed by atoms with Crippen LogP contribution in [-0.4, -0.2) is 78.9 Å². The summed E-state index contributed by atoms with van der Waals surface area (Å²) in [6, 6.07) is 5.67. The summed E-state index contributed by atoms with van der Waals surface area (Å²) in [5.74, 6) is -0.817. The van der Waals surface area contributed by atoms with Crippen LogP contribution >= 0.6 is 0 Å². The highest BCUT2D eigenvalue weighted by atomic mass is 16.5. The molecule has 1 aromatic carbocycles. The molecule has 10 nitrogen and oxygen atoms in total. The number of rotatable bonds is 7. The molecule has 2 atom stereocenters. The second-order valence-corrected chi connectivity index (χ2v) is 12.1. The minimum absolute atomic E-state index is 0.00805. The van der Waals surface area contributed by atoms with Gasteiger partial charge in [-0.15, -0.1) is 0 Å². The standard InChI is InChI=1S/C31H47N5O5/c1-22(2)25-21-41-26-12-4-3-11-23(26)28(38)33-24(29(39)32-17-7-8-18-36-19-9-10-20-36)13-14-27(37)35-31(30(40)34-25)15-5-6-16-31/h3-4,11-12,22,24-25H,5-10,13-21H2,1-2H3,(H,32,39)(H,33,38)(H,34,40)(H,35,37)/t24-,25-/m0/s1. The van der Waals surface area contributed by atoms with E-state index in [9.17, 15) is 19.2 Å². The van der Waals surface area contributed by atoms with Crippen LogP contribution in [0.2, 0.25) is 0 Å². The Hall–Kier alpha value is -3.14. The fourth-order valence-electron chi connectivity index (χ4n) is 5.97. The molecule has 2 fully saturated rings. The lowest BCUT2D eigenvalue weighted by atomic mass is 9.94. The molecule has 0 bridgehead atoms. The highest BCUT2D eigenvalue weighted by Gasteiger charge is 2.43. The summed E-state index contributed by atoms with van der Waals surface area (Å²) in [5.41, 5.74) is -0.671. The molecule has 2 aliphatic heterocycles. The molecule has 1 aliphatic carbocycles. The molecular weight excluding hydrogens is 522 g/mol. The molecule has 0 aromatic heterocycles. The number of fused-ring (bicyclic) bond motifs is 1. The quantitative estimate of drug-likeness (QED) is 0.374. The predicted octanol–water partition coefficient (Wildman–Crippen LogP) is 2.52. The van der Waals surface area contributed by atoms with E-state index in [0.29, 0.717) is 30.7 Å². The first-order valence-corrected chi connectivity index (χ1v) is 15.4. The van der Waals surface area contributed by atoms with Crippen molar-refractivity contribution < 1.29 is 23.9 Å². The van der Waals surface area contributed by atoms with Gasteiger partial charge in [0.25, 0.3) is 5.91 Å². The van der Waals surface area contributed by atoms with Crippen molar-refractivity contribution in [3.8, 4) is 5.75 Å². The Kier molecular flexibility index (Phi) is 11.0. The second kappa shape index (κ2) is 14.7. The zero-order chi connectivity index (χ0) is 29.2. The molecular formula is C31H47N5O5. The molecule has 0 unspecified atom stereocenters. The maximum Gasteiger partial charge on any atom is 0.255 e. The number of carbonyl (C=O) groups is 4. The number of unbranched alkanes of at least 4 members (excludes halogenated alkanes) is 1. The van der Waals surface area contributed by atoms with Crippen molar-refractivity contribution in [2.45, 2.75) is 95.7 Å². The third-order valence-electron chi connectivity index (χ3n) is 8.62. The Morgan fingerprint density at radius 3 is 2.51 bits per heavy atom. The van der Waals surface area contributed by atoms with Crippen LogP contribution in [0.5, 0.6) is 5.75 Å². The van der Waals surface area contributed by atoms with Crippen LogP contribution in [0.3, 0.4) is 0 Å². The molecule has 1 saturated carbocycles. The van der Waals surface area contributed by atoms with Gasteiger partial charge in [0.05, 0.1) is 11.6 Å². The van der Waals surface area contributed by atoms with Crippen molar-refractivity contribution in [2.24, 2.45) is 5.92 Å². The van der Waals surface area contributed by atoms with Gasteiger partial charge in [-0.1, -0.05) is 38.8 Å². The molecule has 226 valence electrons. The van der Waals surface area contributed by atoms with Gasteiger partial charge in [0.2, 0.25) is 17.7 Å².